The lowest BCUT2D eigenvalue weighted by atomic mass is 9.86. The van der Waals surface area contributed by atoms with Crippen LogP contribution in [0.1, 0.15) is 47.0 Å². The van der Waals surface area contributed by atoms with Crippen molar-refractivity contribution < 1.29 is 9.90 Å². The SMILES string of the molecule is CC(C)[C@@H]1[C@@H](C(=O)O)CCCCN1C(C)C. The van der Waals surface area contributed by atoms with E-state index in [2.05, 4.69) is 32.6 Å². The Hall–Kier alpha value is -0.570. The molecule has 3 nitrogen and oxygen atoms in total. The van der Waals surface area contributed by atoms with Crippen LogP contribution >= 0.6 is 0 Å². The molecule has 1 saturated heterocycles. The zero-order valence-electron chi connectivity index (χ0n) is 10.9. The van der Waals surface area contributed by atoms with E-state index >= 15 is 0 Å². The fourth-order valence-corrected chi connectivity index (χ4v) is 2.93. The summed E-state index contributed by atoms with van der Waals surface area (Å²) in [5.41, 5.74) is 0. The molecule has 1 rings (SSSR count). The predicted octanol–water partition coefficient (Wildman–Crippen LogP) is 2.61. The van der Waals surface area contributed by atoms with Crippen molar-refractivity contribution in [1.29, 1.82) is 0 Å². The molecule has 0 aliphatic carbocycles. The summed E-state index contributed by atoms with van der Waals surface area (Å²) in [5.74, 6) is -0.405. The highest BCUT2D eigenvalue weighted by Crippen LogP contribution is 2.29. The summed E-state index contributed by atoms with van der Waals surface area (Å²) in [6.07, 6.45) is 3.01. The van der Waals surface area contributed by atoms with Crippen molar-refractivity contribution in [2.45, 2.75) is 59.0 Å². The van der Waals surface area contributed by atoms with E-state index in [-0.39, 0.29) is 12.0 Å². The quantitative estimate of drug-likeness (QED) is 0.805. The van der Waals surface area contributed by atoms with Crippen LogP contribution < -0.4 is 0 Å². The number of rotatable bonds is 3. The van der Waals surface area contributed by atoms with Gasteiger partial charge in [-0.05, 0) is 39.2 Å². The van der Waals surface area contributed by atoms with E-state index in [1.165, 1.54) is 0 Å². The van der Waals surface area contributed by atoms with Crippen LogP contribution in [-0.4, -0.2) is 34.6 Å². The Morgan fingerprint density at radius 2 is 1.88 bits per heavy atom. The van der Waals surface area contributed by atoms with Gasteiger partial charge in [0.2, 0.25) is 0 Å². The molecule has 0 unspecified atom stereocenters. The van der Waals surface area contributed by atoms with E-state index in [1.54, 1.807) is 0 Å². The van der Waals surface area contributed by atoms with Crippen LogP contribution in [0.15, 0.2) is 0 Å². The zero-order valence-corrected chi connectivity index (χ0v) is 10.9. The first kappa shape index (κ1) is 13.5. The minimum absolute atomic E-state index is 0.190. The smallest absolute Gasteiger partial charge is 0.308 e. The summed E-state index contributed by atoms with van der Waals surface area (Å²) in [6, 6.07) is 0.632. The molecule has 1 N–H and O–H groups in total. The summed E-state index contributed by atoms with van der Waals surface area (Å²) in [6.45, 7) is 9.66. The van der Waals surface area contributed by atoms with Gasteiger partial charge in [0.25, 0.3) is 0 Å². The van der Waals surface area contributed by atoms with Crippen LogP contribution in [0.25, 0.3) is 0 Å². The number of hydrogen-bond donors (Lipinski definition) is 1. The van der Waals surface area contributed by atoms with Crippen LogP contribution in [0.5, 0.6) is 0 Å². The molecule has 0 spiro atoms. The van der Waals surface area contributed by atoms with E-state index in [9.17, 15) is 9.90 Å². The fraction of sp³-hybridized carbons (Fsp3) is 0.923. The second kappa shape index (κ2) is 5.67. The number of nitrogens with zero attached hydrogens (tertiary/aromatic N) is 1. The van der Waals surface area contributed by atoms with Crippen molar-refractivity contribution in [3.63, 3.8) is 0 Å². The number of likely N-dealkylation sites (tertiary alicyclic amines) is 1. The first-order valence-corrected chi connectivity index (χ1v) is 6.43. The summed E-state index contributed by atoms with van der Waals surface area (Å²) in [7, 11) is 0. The molecule has 1 fully saturated rings. The van der Waals surface area contributed by atoms with Gasteiger partial charge in [-0.1, -0.05) is 20.3 Å². The third kappa shape index (κ3) is 2.97. The summed E-state index contributed by atoms with van der Waals surface area (Å²) < 4.78 is 0. The van der Waals surface area contributed by atoms with Gasteiger partial charge in [-0.3, -0.25) is 9.69 Å². The maximum absolute atomic E-state index is 11.4. The molecule has 0 saturated carbocycles. The second-order valence-electron chi connectivity index (χ2n) is 5.51. The third-order valence-corrected chi connectivity index (χ3v) is 3.64. The van der Waals surface area contributed by atoms with Gasteiger partial charge in [-0.2, -0.15) is 0 Å². The standard InChI is InChI=1S/C13H25NO2/c1-9(2)12-11(13(15)16)7-5-6-8-14(12)10(3)4/h9-12H,5-8H2,1-4H3,(H,15,16)/t11-,12+/m0/s1. The van der Waals surface area contributed by atoms with Crippen molar-refractivity contribution in [2.24, 2.45) is 11.8 Å². The Morgan fingerprint density at radius 1 is 1.25 bits per heavy atom. The van der Waals surface area contributed by atoms with Crippen LogP contribution in [0.3, 0.4) is 0 Å². The number of carbonyl (C=O) groups is 1. The second-order valence-corrected chi connectivity index (χ2v) is 5.51. The van der Waals surface area contributed by atoms with Gasteiger partial charge in [0.05, 0.1) is 5.92 Å². The predicted molar refractivity (Wildman–Crippen MR) is 65.4 cm³/mol. The van der Waals surface area contributed by atoms with Gasteiger partial charge in [-0.25, -0.2) is 0 Å². The third-order valence-electron chi connectivity index (χ3n) is 3.64. The van der Waals surface area contributed by atoms with Gasteiger partial charge in [0.1, 0.15) is 0 Å². The first-order valence-electron chi connectivity index (χ1n) is 6.43. The maximum Gasteiger partial charge on any atom is 0.308 e. The Kier molecular flexibility index (Phi) is 4.78. The van der Waals surface area contributed by atoms with Gasteiger partial charge >= 0.3 is 5.97 Å². The van der Waals surface area contributed by atoms with E-state index < -0.39 is 5.97 Å². The lowest BCUT2D eigenvalue weighted by molar-refractivity contribution is -0.145. The van der Waals surface area contributed by atoms with Crippen molar-refractivity contribution in [2.75, 3.05) is 6.54 Å². The number of carboxylic acid groups (broad SMARTS) is 1. The number of carboxylic acids is 1. The zero-order chi connectivity index (χ0) is 12.3. The summed E-state index contributed by atoms with van der Waals surface area (Å²) >= 11 is 0. The van der Waals surface area contributed by atoms with Crippen LogP contribution in [0.2, 0.25) is 0 Å². The minimum atomic E-state index is -0.619. The highest BCUT2D eigenvalue weighted by molar-refractivity contribution is 5.71. The molecule has 0 aromatic heterocycles. The maximum atomic E-state index is 11.4. The Balaban J connectivity index is 2.93. The molecule has 0 bridgehead atoms. The van der Waals surface area contributed by atoms with Crippen LogP contribution in [0.4, 0.5) is 0 Å². The van der Waals surface area contributed by atoms with Gasteiger partial charge < -0.3 is 5.11 Å². The first-order chi connectivity index (χ1) is 7.45. The molecular weight excluding hydrogens is 202 g/mol. The molecule has 1 aliphatic rings. The monoisotopic (exact) mass is 227 g/mol. The molecular formula is C13H25NO2. The summed E-state index contributed by atoms with van der Waals surface area (Å²) in [5, 5.41) is 9.36. The lowest BCUT2D eigenvalue weighted by Gasteiger charge is -2.38. The van der Waals surface area contributed by atoms with E-state index in [0.717, 1.165) is 25.8 Å². The Labute approximate surface area is 98.8 Å². The van der Waals surface area contributed by atoms with Crippen molar-refractivity contribution in [1.82, 2.24) is 4.90 Å². The molecule has 0 radical (unpaired) electrons. The van der Waals surface area contributed by atoms with E-state index in [0.29, 0.717) is 12.0 Å². The molecule has 0 aromatic rings. The Bertz CT molecular complexity index is 238. The Morgan fingerprint density at radius 3 is 2.31 bits per heavy atom. The molecule has 94 valence electrons. The molecule has 1 aliphatic heterocycles. The van der Waals surface area contributed by atoms with Gasteiger partial charge in [0.15, 0.2) is 0 Å². The highest BCUT2D eigenvalue weighted by atomic mass is 16.4. The fourth-order valence-electron chi connectivity index (χ4n) is 2.93. The lowest BCUT2D eigenvalue weighted by Crippen LogP contribution is -2.49. The molecule has 0 amide bonds. The highest BCUT2D eigenvalue weighted by Gasteiger charge is 2.37. The van der Waals surface area contributed by atoms with Crippen LogP contribution in [0, 0.1) is 11.8 Å². The number of hydrogen-bond acceptors (Lipinski definition) is 2. The molecule has 1 heterocycles. The normalized spacial score (nSPS) is 28.4. The van der Waals surface area contributed by atoms with Crippen molar-refractivity contribution >= 4 is 5.97 Å². The molecule has 2 atom stereocenters. The average molecular weight is 227 g/mol. The molecule has 16 heavy (non-hydrogen) atoms. The van der Waals surface area contributed by atoms with Crippen molar-refractivity contribution in [3.05, 3.63) is 0 Å². The minimum Gasteiger partial charge on any atom is -0.481 e. The van der Waals surface area contributed by atoms with Crippen molar-refractivity contribution in [3.8, 4) is 0 Å². The number of aliphatic carboxylic acids is 1. The summed E-state index contributed by atoms with van der Waals surface area (Å²) in [4.78, 5) is 13.7. The topological polar surface area (TPSA) is 40.5 Å². The van der Waals surface area contributed by atoms with E-state index in [4.69, 9.17) is 0 Å². The van der Waals surface area contributed by atoms with Gasteiger partial charge in [0, 0.05) is 12.1 Å². The van der Waals surface area contributed by atoms with Crippen LogP contribution in [-0.2, 0) is 4.79 Å². The van der Waals surface area contributed by atoms with E-state index in [1.807, 2.05) is 0 Å². The van der Waals surface area contributed by atoms with Gasteiger partial charge in [-0.15, -0.1) is 0 Å². The molecule has 3 heteroatoms. The molecule has 0 aromatic carbocycles. The average Bonchev–Trinajstić information content (AvgIpc) is 2.38. The largest absolute Gasteiger partial charge is 0.481 e.